The van der Waals surface area contributed by atoms with Crippen molar-refractivity contribution in [2.24, 2.45) is 4.99 Å². The number of allylic oxidation sites excluding steroid dienone is 1. The number of guanidine groups is 1. The van der Waals surface area contributed by atoms with Crippen molar-refractivity contribution in [3.8, 4) is 0 Å². The smallest absolute Gasteiger partial charge is 0.191 e. The molecule has 22 heavy (non-hydrogen) atoms. The lowest BCUT2D eigenvalue weighted by atomic mass is 10.4. The topological polar surface area (TPSA) is 36.4 Å². The number of hydrogen-bond acceptors (Lipinski definition) is 2. The number of hydrogen-bond donors (Lipinski definition) is 2. The van der Waals surface area contributed by atoms with Crippen molar-refractivity contribution in [3.63, 3.8) is 0 Å². The second kappa shape index (κ2) is 10.2. The van der Waals surface area contributed by atoms with E-state index in [0.717, 1.165) is 25.5 Å². The molecule has 0 aromatic heterocycles. The Kier molecular flexibility index (Phi) is 8.93. The molecule has 0 amide bonds. The van der Waals surface area contributed by atoms with Crippen LogP contribution >= 0.6 is 35.7 Å². The molecule has 0 aliphatic heterocycles. The fourth-order valence-corrected chi connectivity index (χ4v) is 3.34. The Morgan fingerprint density at radius 3 is 2.59 bits per heavy atom. The van der Waals surface area contributed by atoms with Crippen molar-refractivity contribution >= 4 is 41.7 Å². The predicted molar refractivity (Wildman–Crippen MR) is 108 cm³/mol. The minimum Gasteiger partial charge on any atom is -0.356 e. The van der Waals surface area contributed by atoms with Gasteiger partial charge in [0.15, 0.2) is 5.96 Å². The third-order valence-electron chi connectivity index (χ3n) is 3.53. The lowest BCUT2D eigenvalue weighted by Gasteiger charge is -2.18. The molecule has 3 nitrogen and oxygen atoms in total. The van der Waals surface area contributed by atoms with Crippen molar-refractivity contribution in [2.75, 3.05) is 20.1 Å². The summed E-state index contributed by atoms with van der Waals surface area (Å²) >= 11 is 1.98. The summed E-state index contributed by atoms with van der Waals surface area (Å²) in [5.41, 5.74) is 0. The molecule has 2 rings (SSSR count). The van der Waals surface area contributed by atoms with Gasteiger partial charge in [-0.1, -0.05) is 30.4 Å². The zero-order valence-electron chi connectivity index (χ0n) is 13.3. The highest BCUT2D eigenvalue weighted by Gasteiger charge is 2.43. The summed E-state index contributed by atoms with van der Waals surface area (Å²) in [5, 5.41) is 6.81. The molecule has 1 aromatic rings. The Morgan fingerprint density at radius 2 is 2.00 bits per heavy atom. The fraction of sp³-hybridized carbons (Fsp3) is 0.471. The third kappa shape index (κ3) is 6.60. The van der Waals surface area contributed by atoms with E-state index in [1.807, 2.05) is 25.7 Å². The number of rotatable bonds is 7. The van der Waals surface area contributed by atoms with E-state index in [-0.39, 0.29) is 24.0 Å². The first-order valence-electron chi connectivity index (χ1n) is 7.58. The first-order chi connectivity index (χ1) is 10.3. The van der Waals surface area contributed by atoms with E-state index in [4.69, 9.17) is 0 Å². The van der Waals surface area contributed by atoms with Crippen LogP contribution in [-0.4, -0.2) is 30.8 Å². The zero-order valence-corrected chi connectivity index (χ0v) is 16.5. The molecule has 1 fully saturated rings. The van der Waals surface area contributed by atoms with Gasteiger partial charge in [0.2, 0.25) is 0 Å². The van der Waals surface area contributed by atoms with Crippen LogP contribution in [0.3, 0.4) is 0 Å². The lowest BCUT2D eigenvalue weighted by Crippen LogP contribution is -2.41. The van der Waals surface area contributed by atoms with Crippen molar-refractivity contribution in [1.82, 2.24) is 10.6 Å². The maximum Gasteiger partial charge on any atom is 0.191 e. The summed E-state index contributed by atoms with van der Waals surface area (Å²) in [6.45, 7) is 3.93. The average molecular weight is 431 g/mol. The van der Waals surface area contributed by atoms with Gasteiger partial charge in [-0.2, -0.15) is 0 Å². The van der Waals surface area contributed by atoms with Crippen LogP contribution in [0.5, 0.6) is 0 Å². The van der Waals surface area contributed by atoms with E-state index in [2.05, 4.69) is 58.1 Å². The molecule has 5 heteroatoms. The number of nitrogens with one attached hydrogen (secondary N) is 2. The zero-order chi connectivity index (χ0) is 15.0. The third-order valence-corrected chi connectivity index (χ3v) is 5.02. The Morgan fingerprint density at radius 1 is 1.27 bits per heavy atom. The van der Waals surface area contributed by atoms with E-state index in [0.29, 0.717) is 4.75 Å². The van der Waals surface area contributed by atoms with Crippen molar-refractivity contribution in [1.29, 1.82) is 0 Å². The largest absolute Gasteiger partial charge is 0.356 e. The maximum atomic E-state index is 4.28. The SMILES string of the molecule is C/C=C/CCNC(=NC)NCC1(Sc2ccccc2)CC1.I. The van der Waals surface area contributed by atoms with Gasteiger partial charge in [-0.15, -0.1) is 35.7 Å². The quantitative estimate of drug-likeness (QED) is 0.225. The Labute approximate surface area is 155 Å². The van der Waals surface area contributed by atoms with Crippen LogP contribution in [0.1, 0.15) is 26.2 Å². The van der Waals surface area contributed by atoms with Crippen LogP contribution < -0.4 is 10.6 Å². The molecular formula is C17H26IN3S. The van der Waals surface area contributed by atoms with Gasteiger partial charge in [-0.05, 0) is 38.3 Å². The number of aliphatic imine (C=N–C) groups is 1. The average Bonchev–Trinajstić information content (AvgIpc) is 3.27. The maximum absolute atomic E-state index is 4.28. The van der Waals surface area contributed by atoms with Crippen LogP contribution in [0, 0.1) is 0 Å². The molecule has 0 spiro atoms. The van der Waals surface area contributed by atoms with Crippen LogP contribution in [0.25, 0.3) is 0 Å². The van der Waals surface area contributed by atoms with Crippen LogP contribution in [0.2, 0.25) is 0 Å². The molecule has 0 unspecified atom stereocenters. The number of nitrogens with zero attached hydrogens (tertiary/aromatic N) is 1. The molecule has 0 bridgehead atoms. The minimum absolute atomic E-state index is 0. The van der Waals surface area contributed by atoms with Gasteiger partial charge in [-0.3, -0.25) is 4.99 Å². The molecule has 0 atom stereocenters. The molecule has 0 radical (unpaired) electrons. The van der Waals surface area contributed by atoms with Gasteiger partial charge in [0.25, 0.3) is 0 Å². The summed E-state index contributed by atoms with van der Waals surface area (Å²) in [7, 11) is 1.83. The number of benzene rings is 1. The summed E-state index contributed by atoms with van der Waals surface area (Å²) in [4.78, 5) is 5.64. The first-order valence-corrected chi connectivity index (χ1v) is 8.39. The highest BCUT2D eigenvalue weighted by atomic mass is 127. The number of halogens is 1. The summed E-state index contributed by atoms with van der Waals surface area (Å²) in [5.74, 6) is 0.902. The van der Waals surface area contributed by atoms with Crippen molar-refractivity contribution in [3.05, 3.63) is 42.5 Å². The van der Waals surface area contributed by atoms with Gasteiger partial charge < -0.3 is 10.6 Å². The van der Waals surface area contributed by atoms with Gasteiger partial charge in [0.05, 0.1) is 0 Å². The van der Waals surface area contributed by atoms with E-state index >= 15 is 0 Å². The number of thioether (sulfide) groups is 1. The predicted octanol–water partition coefficient (Wildman–Crippen LogP) is 4.06. The molecular weight excluding hydrogens is 405 g/mol. The van der Waals surface area contributed by atoms with Crippen LogP contribution in [-0.2, 0) is 0 Å². The second-order valence-corrected chi connectivity index (χ2v) is 6.85. The van der Waals surface area contributed by atoms with Gasteiger partial charge in [0.1, 0.15) is 0 Å². The van der Waals surface area contributed by atoms with Crippen molar-refractivity contribution in [2.45, 2.75) is 35.8 Å². The molecule has 2 N–H and O–H groups in total. The fourth-order valence-electron chi connectivity index (χ4n) is 2.10. The second-order valence-electron chi connectivity index (χ2n) is 5.31. The summed E-state index contributed by atoms with van der Waals surface area (Å²) in [6.07, 6.45) is 7.81. The van der Waals surface area contributed by atoms with E-state index in [1.165, 1.54) is 17.7 Å². The van der Waals surface area contributed by atoms with Gasteiger partial charge >= 0.3 is 0 Å². The van der Waals surface area contributed by atoms with Crippen LogP contribution in [0.15, 0.2) is 52.4 Å². The first kappa shape index (κ1) is 19.4. The lowest BCUT2D eigenvalue weighted by molar-refractivity contribution is 0.765. The van der Waals surface area contributed by atoms with E-state index < -0.39 is 0 Å². The van der Waals surface area contributed by atoms with E-state index in [9.17, 15) is 0 Å². The highest BCUT2D eigenvalue weighted by Crippen LogP contribution is 2.51. The Bertz CT molecular complexity index is 484. The molecule has 0 heterocycles. The standard InChI is InChI=1S/C17H25N3S.HI/c1-3-4-8-13-19-16(18-2)20-14-17(11-12-17)21-15-9-6-5-7-10-15;/h3-7,9-10H,8,11-14H2,1-2H3,(H2,18,19,20);1H/b4-3+;. The Hall–Kier alpha value is -0.690. The molecule has 1 aliphatic rings. The normalized spacial score (nSPS) is 16.2. The molecule has 1 aromatic carbocycles. The van der Waals surface area contributed by atoms with Gasteiger partial charge in [-0.25, -0.2) is 0 Å². The summed E-state index contributed by atoms with van der Waals surface area (Å²) < 4.78 is 0.349. The molecule has 1 saturated carbocycles. The van der Waals surface area contributed by atoms with Crippen molar-refractivity contribution < 1.29 is 0 Å². The van der Waals surface area contributed by atoms with Gasteiger partial charge in [0, 0.05) is 29.8 Å². The molecule has 1 aliphatic carbocycles. The highest BCUT2D eigenvalue weighted by molar-refractivity contribution is 14.0. The molecule has 122 valence electrons. The molecule has 0 saturated heterocycles. The van der Waals surface area contributed by atoms with Crippen LogP contribution in [0.4, 0.5) is 0 Å². The minimum atomic E-state index is 0. The monoisotopic (exact) mass is 431 g/mol. The van der Waals surface area contributed by atoms with E-state index in [1.54, 1.807) is 0 Å². The summed E-state index contributed by atoms with van der Waals surface area (Å²) in [6, 6.07) is 10.7. The Balaban J connectivity index is 0.00000242.